The molecule has 4 saturated carbocycles. The van der Waals surface area contributed by atoms with Crippen LogP contribution in [0.3, 0.4) is 0 Å². The van der Waals surface area contributed by atoms with Crippen molar-refractivity contribution in [2.45, 2.75) is 153 Å². The number of nitrogens with zero attached hydrogens (tertiary/aromatic N) is 1. The third kappa shape index (κ3) is 5.93. The van der Waals surface area contributed by atoms with Gasteiger partial charge in [-0.05, 0) is 125 Å². The molecule has 0 aromatic heterocycles. The van der Waals surface area contributed by atoms with Crippen LogP contribution in [0.2, 0.25) is 0 Å². The Morgan fingerprint density at radius 1 is 0.702 bits per heavy atom. The highest BCUT2D eigenvalue weighted by molar-refractivity contribution is 5.95. The van der Waals surface area contributed by atoms with Crippen LogP contribution in [0.1, 0.15) is 112 Å². The molecule has 6 heterocycles. The lowest BCUT2D eigenvalue weighted by molar-refractivity contribution is -0.487. The molecule has 4 bridgehead atoms. The van der Waals surface area contributed by atoms with E-state index in [1.165, 1.54) is 6.42 Å². The molecule has 0 radical (unpaired) electrons. The molecule has 10 heteroatoms. The number of carbonyl (C=O) groups is 1. The van der Waals surface area contributed by atoms with Crippen molar-refractivity contribution in [2.75, 3.05) is 4.90 Å². The van der Waals surface area contributed by atoms with E-state index in [1.54, 1.807) is 4.90 Å². The molecule has 6 saturated heterocycles. The van der Waals surface area contributed by atoms with Crippen LogP contribution in [0, 0.1) is 47.3 Å². The maximum atomic E-state index is 14.4. The lowest BCUT2D eigenvalue weighted by atomic mass is 9.55. The highest BCUT2D eigenvalue weighted by Crippen LogP contribution is 2.64. The number of nitrogens with one attached hydrogen (secondary N) is 1. The molecular weight excluding hydrogens is 721 g/mol. The minimum Gasteiger partial charge on any atom is -0.489 e. The van der Waals surface area contributed by atoms with Gasteiger partial charge in [-0.2, -0.15) is 0 Å². The van der Waals surface area contributed by atoms with E-state index in [0.29, 0.717) is 41.5 Å². The summed E-state index contributed by atoms with van der Waals surface area (Å²) in [6.07, 6.45) is 9.59. The number of rotatable bonds is 6. The molecule has 10 nitrogen and oxygen atoms in total. The number of ether oxygens (including phenoxy) is 2. The van der Waals surface area contributed by atoms with Gasteiger partial charge in [0.05, 0.1) is 29.3 Å². The van der Waals surface area contributed by atoms with E-state index < -0.39 is 22.9 Å². The van der Waals surface area contributed by atoms with Gasteiger partial charge in [-0.3, -0.25) is 0 Å². The van der Waals surface area contributed by atoms with E-state index in [2.05, 4.69) is 47.0 Å². The van der Waals surface area contributed by atoms with Crippen molar-refractivity contribution in [3.05, 3.63) is 72.1 Å². The molecule has 1 amide bonds. The van der Waals surface area contributed by atoms with Gasteiger partial charge < -0.3 is 14.3 Å². The molecular formula is C47H62N2O8. The number of anilines is 2. The number of para-hydroxylation sites is 2. The van der Waals surface area contributed by atoms with Crippen molar-refractivity contribution >= 4 is 17.5 Å². The van der Waals surface area contributed by atoms with Crippen molar-refractivity contribution < 1.29 is 38.7 Å². The molecule has 2 aromatic rings. The molecule has 2 aromatic carbocycles. The van der Waals surface area contributed by atoms with Crippen LogP contribution in [-0.4, -0.2) is 46.8 Å². The van der Waals surface area contributed by atoms with Gasteiger partial charge in [0.1, 0.15) is 34.3 Å². The van der Waals surface area contributed by atoms with Gasteiger partial charge in [-0.25, -0.2) is 34.7 Å². The van der Waals surface area contributed by atoms with Gasteiger partial charge in [-0.1, -0.05) is 64.1 Å². The van der Waals surface area contributed by atoms with E-state index in [-0.39, 0.29) is 47.6 Å². The summed E-state index contributed by atoms with van der Waals surface area (Å²) in [5.41, 5.74) is 3.72. The Morgan fingerprint density at radius 3 is 1.84 bits per heavy atom. The van der Waals surface area contributed by atoms with E-state index in [4.69, 9.17) is 33.9 Å². The molecule has 0 unspecified atom stereocenters. The quantitative estimate of drug-likeness (QED) is 0.227. The van der Waals surface area contributed by atoms with E-state index in [1.807, 2.05) is 60.7 Å². The Balaban J connectivity index is 1.02. The lowest BCUT2D eigenvalue weighted by Gasteiger charge is -2.61. The minimum atomic E-state index is -0.532. The zero-order valence-corrected chi connectivity index (χ0v) is 34.6. The predicted molar refractivity (Wildman–Crippen MR) is 213 cm³/mol. The Hall–Kier alpha value is -3.15. The van der Waals surface area contributed by atoms with Gasteiger partial charge in [0.15, 0.2) is 0 Å². The fourth-order valence-corrected chi connectivity index (χ4v) is 13.5. The van der Waals surface area contributed by atoms with Crippen LogP contribution < -0.4 is 10.4 Å². The second-order valence-corrected chi connectivity index (χ2v) is 19.9. The van der Waals surface area contributed by atoms with Crippen LogP contribution in [0.5, 0.6) is 0 Å². The average molecular weight is 783 g/mol. The first kappa shape index (κ1) is 38.1. The van der Waals surface area contributed by atoms with Crippen molar-refractivity contribution in [1.29, 1.82) is 0 Å². The number of amides is 1. The maximum Gasteiger partial charge on any atom is 0.443 e. The summed E-state index contributed by atoms with van der Waals surface area (Å²) in [4.78, 5) is 48.2. The van der Waals surface area contributed by atoms with Crippen LogP contribution in [0.15, 0.2) is 72.1 Å². The Labute approximate surface area is 338 Å². The second kappa shape index (κ2) is 14.0. The van der Waals surface area contributed by atoms with Crippen LogP contribution in [0.4, 0.5) is 16.2 Å². The van der Waals surface area contributed by atoms with E-state index in [9.17, 15) is 4.79 Å². The first-order valence-electron chi connectivity index (χ1n) is 22.1. The van der Waals surface area contributed by atoms with Crippen molar-refractivity contribution in [1.82, 2.24) is 5.48 Å². The monoisotopic (exact) mass is 782 g/mol. The highest BCUT2D eigenvalue weighted by Gasteiger charge is 2.70. The van der Waals surface area contributed by atoms with Crippen molar-refractivity contribution in [3.63, 3.8) is 0 Å². The largest absolute Gasteiger partial charge is 0.489 e. The zero-order chi connectivity index (χ0) is 39.3. The molecule has 10 fully saturated rings. The fraction of sp³-hybridized carbons (Fsp3) is 0.681. The van der Waals surface area contributed by atoms with Crippen LogP contribution in [0.25, 0.3) is 0 Å². The maximum absolute atomic E-state index is 14.4. The first-order valence-corrected chi connectivity index (χ1v) is 22.1. The van der Waals surface area contributed by atoms with E-state index in [0.717, 1.165) is 69.2 Å². The zero-order valence-electron chi connectivity index (χ0n) is 34.6. The number of hydrogen-bond donors (Lipinski definition) is 1. The number of hydrogen-bond acceptors (Lipinski definition) is 9. The molecule has 308 valence electrons. The summed E-state index contributed by atoms with van der Waals surface area (Å²) in [6, 6.07) is 19.3. The summed E-state index contributed by atoms with van der Waals surface area (Å²) >= 11 is 0. The standard InChI is InChI=1S/C47H62N2O8/c1-28-17-19-36-30(3)39(51-40-26-44(5)23-21-34(28)46(36,40)56-54-44)25-38(48-53-43(50)49(32-13-9-7-10-14-32)33-15-11-8-12-16-33)42-31(4)37-20-18-29(2)35-22-24-45(6)27-41(52-42)47(35,37)57-55-45/h7-16,28-31,34-37,39-41,48H,17-27H2,1-6H3/b42-38+/t28-,29-,30-,31-,34+,35+,36+,37+,39-,40-,41-,44+,45+,46-,47-/m1/s1. The first-order chi connectivity index (χ1) is 27.4. The topological polar surface area (TPSA) is 97.0 Å². The lowest BCUT2D eigenvalue weighted by Crippen LogP contribution is -2.69. The molecule has 2 spiro atoms. The number of benzene rings is 2. The number of fused-ring (bicyclic) bond motifs is 4. The summed E-state index contributed by atoms with van der Waals surface area (Å²) < 4.78 is 14.7. The van der Waals surface area contributed by atoms with Crippen LogP contribution >= 0.6 is 0 Å². The predicted octanol–water partition coefficient (Wildman–Crippen LogP) is 10.1. The normalized spacial score (nSPS) is 46.3. The fourth-order valence-electron chi connectivity index (χ4n) is 13.5. The number of carbonyl (C=O) groups excluding carboxylic acids is 1. The van der Waals surface area contributed by atoms with Crippen molar-refractivity contribution in [3.8, 4) is 0 Å². The summed E-state index contributed by atoms with van der Waals surface area (Å²) in [7, 11) is 0. The third-order valence-electron chi connectivity index (χ3n) is 16.6. The molecule has 10 aliphatic rings. The summed E-state index contributed by atoms with van der Waals surface area (Å²) in [5.74, 6) is 3.26. The SMILES string of the molecule is C[C@H]1[C@@H](C/C(NOC(=O)N(c2ccccc2)c2ccccc2)=C2\O[C@@H]3C[C@]4(C)CC[C@H]5[C@H](C)CC[C@@H]([C@H]2C)[C@@]35OO4)O[C@@H]2C[C@]3(C)CC[C@H]4[C@H](C)CC[C@@H]1[C@@]24OO3. The van der Waals surface area contributed by atoms with Gasteiger partial charge in [0.25, 0.3) is 0 Å². The van der Waals surface area contributed by atoms with Crippen molar-refractivity contribution in [2.24, 2.45) is 47.3 Å². The molecule has 4 aliphatic carbocycles. The Kier molecular flexibility index (Phi) is 9.33. The Morgan fingerprint density at radius 2 is 1.25 bits per heavy atom. The molecule has 6 aliphatic heterocycles. The Bertz CT molecular complexity index is 1820. The molecule has 57 heavy (non-hydrogen) atoms. The average Bonchev–Trinajstić information content (AvgIpc) is 3.59. The number of hydroxylamine groups is 1. The number of allylic oxidation sites excluding steroid dienone is 1. The minimum absolute atomic E-state index is 0.0162. The van der Waals surface area contributed by atoms with Crippen LogP contribution in [-0.2, 0) is 33.9 Å². The molecule has 15 atom stereocenters. The highest BCUT2D eigenvalue weighted by atomic mass is 17.2. The molecule has 12 rings (SSSR count). The van der Waals surface area contributed by atoms with E-state index >= 15 is 0 Å². The van der Waals surface area contributed by atoms with Gasteiger partial charge in [0, 0.05) is 31.1 Å². The van der Waals surface area contributed by atoms with Gasteiger partial charge >= 0.3 is 6.09 Å². The van der Waals surface area contributed by atoms with Gasteiger partial charge in [-0.15, -0.1) is 0 Å². The summed E-state index contributed by atoms with van der Waals surface area (Å²) in [6.45, 7) is 13.7. The molecule has 1 N–H and O–H groups in total. The van der Waals surface area contributed by atoms with Gasteiger partial charge in [0.2, 0.25) is 0 Å². The smallest absolute Gasteiger partial charge is 0.443 e. The summed E-state index contributed by atoms with van der Waals surface area (Å²) in [5, 5.41) is 0. The second-order valence-electron chi connectivity index (χ2n) is 19.9. The third-order valence-corrected chi connectivity index (χ3v) is 16.6.